The quantitative estimate of drug-likeness (QED) is 0.778. The van der Waals surface area contributed by atoms with Crippen LogP contribution in [0.4, 0.5) is 10.5 Å². The average Bonchev–Trinajstić information content (AvgIpc) is 2.18. The first kappa shape index (κ1) is 11.5. The van der Waals surface area contributed by atoms with Crippen molar-refractivity contribution in [1.29, 1.82) is 0 Å². The smallest absolute Gasteiger partial charge is 0.414 e. The van der Waals surface area contributed by atoms with Crippen LogP contribution < -0.4 is 5.32 Å². The molecule has 4 nitrogen and oxygen atoms in total. The van der Waals surface area contributed by atoms with E-state index >= 15 is 0 Å². The summed E-state index contributed by atoms with van der Waals surface area (Å²) in [6.45, 7) is 3.33. The topological polar surface area (TPSA) is 47.6 Å². The monoisotopic (exact) mass is 209 g/mol. The largest absolute Gasteiger partial charge is 0.417 e. The molecule has 1 amide bonds. The minimum absolute atomic E-state index is 0.534. The minimum atomic E-state index is -0.918. The molecule has 0 aromatic heterocycles. The van der Waals surface area contributed by atoms with Crippen LogP contribution in [0.1, 0.15) is 13.8 Å². The third-order valence-electron chi connectivity index (χ3n) is 1.85. The van der Waals surface area contributed by atoms with Gasteiger partial charge < -0.3 is 9.47 Å². The highest BCUT2D eigenvalue weighted by molar-refractivity contribution is 5.84. The zero-order chi connectivity index (χ0) is 11.3. The highest BCUT2D eigenvalue weighted by atomic mass is 16.7. The van der Waals surface area contributed by atoms with Crippen molar-refractivity contribution in [3.05, 3.63) is 30.3 Å². The molecular formula is C11H15NO3. The molecule has 0 saturated carbocycles. The number of benzene rings is 1. The van der Waals surface area contributed by atoms with Gasteiger partial charge >= 0.3 is 6.09 Å². The van der Waals surface area contributed by atoms with E-state index in [-0.39, 0.29) is 0 Å². The molecular weight excluding hydrogens is 194 g/mol. The van der Waals surface area contributed by atoms with Gasteiger partial charge in [-0.2, -0.15) is 0 Å². The molecule has 1 N–H and O–H groups in total. The number of carbonyl (C=O) groups excluding carboxylic acids is 1. The van der Waals surface area contributed by atoms with Gasteiger partial charge in [0, 0.05) is 26.6 Å². The van der Waals surface area contributed by atoms with Crippen LogP contribution >= 0.6 is 0 Å². The molecule has 1 aromatic rings. The van der Waals surface area contributed by atoms with Gasteiger partial charge in [-0.1, -0.05) is 18.2 Å². The van der Waals surface area contributed by atoms with E-state index in [1.165, 1.54) is 7.11 Å². The molecule has 15 heavy (non-hydrogen) atoms. The maximum absolute atomic E-state index is 11.4. The molecule has 0 unspecified atom stereocenters. The average molecular weight is 209 g/mol. The number of carbonyl (C=O) groups is 1. The van der Waals surface area contributed by atoms with Crippen molar-refractivity contribution in [1.82, 2.24) is 0 Å². The van der Waals surface area contributed by atoms with E-state index in [2.05, 4.69) is 5.32 Å². The van der Waals surface area contributed by atoms with Crippen molar-refractivity contribution in [3.63, 3.8) is 0 Å². The summed E-state index contributed by atoms with van der Waals surface area (Å²) in [5.74, 6) is -0.918. The molecule has 0 saturated heterocycles. The van der Waals surface area contributed by atoms with Crippen LogP contribution in [-0.2, 0) is 9.47 Å². The maximum Gasteiger partial charge on any atom is 0.414 e. The summed E-state index contributed by atoms with van der Waals surface area (Å²) >= 11 is 0. The number of hydrogen-bond acceptors (Lipinski definition) is 3. The van der Waals surface area contributed by atoms with Crippen LogP contribution in [0, 0.1) is 0 Å². The van der Waals surface area contributed by atoms with Crippen molar-refractivity contribution in [2.45, 2.75) is 19.6 Å². The molecule has 1 rings (SSSR count). The van der Waals surface area contributed by atoms with Gasteiger partial charge in [0.1, 0.15) is 0 Å². The summed E-state index contributed by atoms with van der Waals surface area (Å²) in [4.78, 5) is 11.4. The van der Waals surface area contributed by atoms with Crippen molar-refractivity contribution in [2.75, 3.05) is 12.4 Å². The number of methoxy groups -OCH3 is 1. The summed E-state index contributed by atoms with van der Waals surface area (Å²) in [6.07, 6.45) is -0.534. The summed E-state index contributed by atoms with van der Waals surface area (Å²) in [7, 11) is 1.48. The highest BCUT2D eigenvalue weighted by Crippen LogP contribution is 2.12. The molecule has 0 spiro atoms. The fraction of sp³-hybridized carbons (Fsp3) is 0.364. The van der Waals surface area contributed by atoms with E-state index < -0.39 is 11.9 Å². The number of amides is 1. The van der Waals surface area contributed by atoms with Gasteiger partial charge in [0.2, 0.25) is 5.79 Å². The Kier molecular flexibility index (Phi) is 3.68. The van der Waals surface area contributed by atoms with Crippen molar-refractivity contribution >= 4 is 11.8 Å². The predicted molar refractivity (Wildman–Crippen MR) is 57.6 cm³/mol. The van der Waals surface area contributed by atoms with Gasteiger partial charge in [-0.25, -0.2) is 4.79 Å². The van der Waals surface area contributed by atoms with Crippen molar-refractivity contribution in [2.24, 2.45) is 0 Å². The lowest BCUT2D eigenvalue weighted by Crippen LogP contribution is -2.32. The number of hydrogen-bond donors (Lipinski definition) is 1. The predicted octanol–water partition coefficient (Wildman–Crippen LogP) is 2.62. The van der Waals surface area contributed by atoms with Gasteiger partial charge in [-0.15, -0.1) is 0 Å². The lowest BCUT2D eigenvalue weighted by molar-refractivity contribution is -0.153. The molecule has 0 aliphatic heterocycles. The molecule has 82 valence electrons. The lowest BCUT2D eigenvalue weighted by Gasteiger charge is -2.22. The number of para-hydroxylation sites is 1. The Morgan fingerprint density at radius 2 is 1.87 bits per heavy atom. The summed E-state index contributed by atoms with van der Waals surface area (Å²) < 4.78 is 9.98. The molecule has 0 bridgehead atoms. The van der Waals surface area contributed by atoms with Crippen LogP contribution in [-0.4, -0.2) is 19.0 Å². The Labute approximate surface area is 89.2 Å². The number of nitrogens with one attached hydrogen (secondary N) is 1. The molecule has 0 radical (unpaired) electrons. The van der Waals surface area contributed by atoms with Gasteiger partial charge in [0.15, 0.2) is 0 Å². The second-order valence-electron chi connectivity index (χ2n) is 3.48. The van der Waals surface area contributed by atoms with Gasteiger partial charge in [-0.05, 0) is 12.1 Å². The van der Waals surface area contributed by atoms with E-state index in [9.17, 15) is 4.79 Å². The second-order valence-corrected chi connectivity index (χ2v) is 3.48. The minimum Gasteiger partial charge on any atom is -0.417 e. The van der Waals surface area contributed by atoms with Crippen LogP contribution in [0.25, 0.3) is 0 Å². The third kappa shape index (κ3) is 3.99. The first-order valence-electron chi connectivity index (χ1n) is 4.64. The summed E-state index contributed by atoms with van der Waals surface area (Å²) in [5, 5.41) is 2.59. The van der Waals surface area contributed by atoms with Crippen molar-refractivity contribution in [3.8, 4) is 0 Å². The number of anilines is 1. The van der Waals surface area contributed by atoms with Crippen LogP contribution in [0.15, 0.2) is 30.3 Å². The molecule has 0 atom stereocenters. The Morgan fingerprint density at radius 1 is 1.27 bits per heavy atom. The highest BCUT2D eigenvalue weighted by Gasteiger charge is 2.21. The SMILES string of the molecule is COC(C)(C)OC(=O)Nc1ccccc1. The summed E-state index contributed by atoms with van der Waals surface area (Å²) in [6, 6.07) is 9.09. The number of rotatable bonds is 3. The van der Waals surface area contributed by atoms with Gasteiger partial charge in [-0.3, -0.25) is 5.32 Å². The summed E-state index contributed by atoms with van der Waals surface area (Å²) in [5.41, 5.74) is 0.689. The molecule has 1 aromatic carbocycles. The van der Waals surface area contributed by atoms with E-state index in [4.69, 9.17) is 9.47 Å². The van der Waals surface area contributed by atoms with E-state index in [1.54, 1.807) is 26.0 Å². The van der Waals surface area contributed by atoms with Crippen LogP contribution in [0.2, 0.25) is 0 Å². The zero-order valence-corrected chi connectivity index (χ0v) is 9.11. The standard InChI is InChI=1S/C11H15NO3/c1-11(2,14-3)15-10(13)12-9-7-5-4-6-8-9/h4-8H,1-3H3,(H,12,13). The molecule has 0 heterocycles. The van der Waals surface area contributed by atoms with E-state index in [1.807, 2.05) is 18.2 Å². The van der Waals surface area contributed by atoms with Gasteiger partial charge in [0.05, 0.1) is 0 Å². The first-order chi connectivity index (χ1) is 7.03. The van der Waals surface area contributed by atoms with Crippen LogP contribution in [0.5, 0.6) is 0 Å². The fourth-order valence-electron chi connectivity index (χ4n) is 0.930. The molecule has 4 heteroatoms. The molecule has 0 aliphatic rings. The van der Waals surface area contributed by atoms with Crippen molar-refractivity contribution < 1.29 is 14.3 Å². The Hall–Kier alpha value is -1.55. The zero-order valence-electron chi connectivity index (χ0n) is 9.11. The second kappa shape index (κ2) is 4.79. The maximum atomic E-state index is 11.4. The normalized spacial score (nSPS) is 10.9. The Morgan fingerprint density at radius 3 is 2.40 bits per heavy atom. The fourth-order valence-corrected chi connectivity index (χ4v) is 0.930. The molecule has 0 fully saturated rings. The van der Waals surface area contributed by atoms with E-state index in [0.717, 1.165) is 0 Å². The first-order valence-corrected chi connectivity index (χ1v) is 4.64. The molecule has 0 aliphatic carbocycles. The Bertz CT molecular complexity index is 322. The Balaban J connectivity index is 2.51. The van der Waals surface area contributed by atoms with Crippen LogP contribution in [0.3, 0.4) is 0 Å². The third-order valence-corrected chi connectivity index (χ3v) is 1.85. The van der Waals surface area contributed by atoms with Gasteiger partial charge in [0.25, 0.3) is 0 Å². The number of ether oxygens (including phenoxy) is 2. The van der Waals surface area contributed by atoms with E-state index in [0.29, 0.717) is 5.69 Å². The lowest BCUT2D eigenvalue weighted by atomic mass is 10.3.